The zero-order valence-electron chi connectivity index (χ0n) is 6.06. The average Bonchev–Trinajstić information content (AvgIpc) is 1.86. The number of alkyl halides is 3. The Morgan fingerprint density at radius 1 is 1.50 bits per heavy atom. The van der Waals surface area contributed by atoms with Gasteiger partial charge in [-0.1, -0.05) is 0 Å². The van der Waals surface area contributed by atoms with Gasteiger partial charge in [0.05, 0.1) is 0 Å². The first-order valence-corrected chi connectivity index (χ1v) is 3.14. The second-order valence-electron chi connectivity index (χ2n) is 2.29. The lowest BCUT2D eigenvalue weighted by Crippen LogP contribution is -2.43. The third-order valence-electron chi connectivity index (χ3n) is 1.40. The van der Waals surface area contributed by atoms with Gasteiger partial charge in [0.2, 0.25) is 0 Å². The number of nitrogens with two attached hydrogens (primary N) is 1. The molecule has 0 spiro atoms. The topological polar surface area (TPSA) is 50.4 Å². The molecule has 3 N–H and O–H groups in total. The SMILES string of the molecule is Cl.NC1=N[C@H](C(F)(F)F)CCN1. The highest BCUT2D eigenvalue weighted by Crippen LogP contribution is 2.25. The number of nitrogens with zero attached hydrogens (tertiary/aromatic N) is 1. The molecule has 12 heavy (non-hydrogen) atoms. The van der Waals surface area contributed by atoms with E-state index < -0.39 is 12.2 Å². The molecular formula is C5H9ClF3N3. The van der Waals surface area contributed by atoms with Gasteiger partial charge in [-0.05, 0) is 6.42 Å². The summed E-state index contributed by atoms with van der Waals surface area (Å²) in [5.74, 6) is -0.126. The lowest BCUT2D eigenvalue weighted by molar-refractivity contribution is -0.148. The van der Waals surface area contributed by atoms with E-state index in [4.69, 9.17) is 5.73 Å². The molecule has 0 aromatic heterocycles. The van der Waals surface area contributed by atoms with Crippen LogP contribution in [0.2, 0.25) is 0 Å². The van der Waals surface area contributed by atoms with Crippen LogP contribution in [0.5, 0.6) is 0 Å². The monoisotopic (exact) mass is 203 g/mol. The normalized spacial score (nSPS) is 23.6. The summed E-state index contributed by atoms with van der Waals surface area (Å²) >= 11 is 0. The number of halogens is 4. The molecule has 1 aliphatic heterocycles. The van der Waals surface area contributed by atoms with E-state index in [1.807, 2.05) is 0 Å². The van der Waals surface area contributed by atoms with E-state index in [-0.39, 0.29) is 31.3 Å². The lowest BCUT2D eigenvalue weighted by atomic mass is 10.2. The zero-order chi connectivity index (χ0) is 8.48. The largest absolute Gasteiger partial charge is 0.410 e. The predicted molar refractivity (Wildman–Crippen MR) is 41.3 cm³/mol. The van der Waals surface area contributed by atoms with E-state index in [1.165, 1.54) is 0 Å². The number of aliphatic imine (C=N–C) groups is 1. The van der Waals surface area contributed by atoms with E-state index in [0.717, 1.165) is 0 Å². The molecule has 1 atom stereocenters. The smallest absolute Gasteiger partial charge is 0.370 e. The molecule has 0 saturated carbocycles. The molecule has 0 aromatic carbocycles. The van der Waals surface area contributed by atoms with Crippen LogP contribution < -0.4 is 11.1 Å². The summed E-state index contributed by atoms with van der Waals surface area (Å²) in [6, 6.07) is -1.62. The van der Waals surface area contributed by atoms with Gasteiger partial charge in [0, 0.05) is 6.54 Å². The predicted octanol–water partition coefficient (Wildman–Crippen LogP) is 0.647. The molecule has 72 valence electrons. The Labute approximate surface area is 73.6 Å². The van der Waals surface area contributed by atoms with Crippen LogP contribution in [-0.4, -0.2) is 24.7 Å². The minimum Gasteiger partial charge on any atom is -0.370 e. The maximum absolute atomic E-state index is 11.9. The zero-order valence-corrected chi connectivity index (χ0v) is 6.87. The van der Waals surface area contributed by atoms with E-state index >= 15 is 0 Å². The highest BCUT2D eigenvalue weighted by Gasteiger charge is 2.40. The van der Waals surface area contributed by atoms with Crippen molar-refractivity contribution in [1.82, 2.24) is 5.32 Å². The van der Waals surface area contributed by atoms with Crippen LogP contribution in [0, 0.1) is 0 Å². The fourth-order valence-electron chi connectivity index (χ4n) is 0.852. The summed E-state index contributed by atoms with van der Waals surface area (Å²) in [5.41, 5.74) is 5.06. The van der Waals surface area contributed by atoms with Gasteiger partial charge in [-0.3, -0.25) is 0 Å². The van der Waals surface area contributed by atoms with Gasteiger partial charge in [0.15, 0.2) is 12.0 Å². The fourth-order valence-corrected chi connectivity index (χ4v) is 0.852. The average molecular weight is 204 g/mol. The van der Waals surface area contributed by atoms with E-state index in [9.17, 15) is 13.2 Å². The molecule has 0 aromatic rings. The van der Waals surface area contributed by atoms with E-state index in [2.05, 4.69) is 10.3 Å². The highest BCUT2D eigenvalue weighted by molar-refractivity contribution is 5.85. The third-order valence-corrected chi connectivity index (χ3v) is 1.40. The molecule has 1 rings (SSSR count). The van der Waals surface area contributed by atoms with Gasteiger partial charge in [-0.15, -0.1) is 12.4 Å². The first kappa shape index (κ1) is 11.4. The second-order valence-corrected chi connectivity index (χ2v) is 2.29. The number of rotatable bonds is 0. The summed E-state index contributed by atoms with van der Waals surface area (Å²) in [5, 5.41) is 2.51. The maximum atomic E-state index is 11.9. The Balaban J connectivity index is 0.00000121. The summed E-state index contributed by atoms with van der Waals surface area (Å²) in [6.45, 7) is 0.236. The molecule has 0 unspecified atom stereocenters. The van der Waals surface area contributed by atoms with Gasteiger partial charge in [0.1, 0.15) is 0 Å². The van der Waals surface area contributed by atoms with Crippen LogP contribution in [0.4, 0.5) is 13.2 Å². The van der Waals surface area contributed by atoms with Gasteiger partial charge >= 0.3 is 6.18 Å². The van der Waals surface area contributed by atoms with Crippen molar-refractivity contribution in [2.45, 2.75) is 18.6 Å². The Kier molecular flexibility index (Phi) is 3.63. The number of hydrogen-bond acceptors (Lipinski definition) is 3. The molecule has 1 heterocycles. The number of guanidine groups is 1. The first-order chi connectivity index (χ1) is 5.00. The van der Waals surface area contributed by atoms with Gasteiger partial charge < -0.3 is 11.1 Å². The Morgan fingerprint density at radius 2 is 2.08 bits per heavy atom. The maximum Gasteiger partial charge on any atom is 0.410 e. The lowest BCUT2D eigenvalue weighted by Gasteiger charge is -2.21. The van der Waals surface area contributed by atoms with Crippen molar-refractivity contribution in [1.29, 1.82) is 0 Å². The summed E-state index contributed by atoms with van der Waals surface area (Å²) in [6.07, 6.45) is -4.29. The second kappa shape index (κ2) is 3.84. The Hall–Kier alpha value is -0.650. The standard InChI is InChI=1S/C5H8F3N3.ClH/c6-5(7,8)3-1-2-10-4(9)11-3;/h3H,1-2H2,(H3,9,10,11);1H/t3-;/m0./s1. The summed E-state index contributed by atoms with van der Waals surface area (Å²) in [4.78, 5) is 3.21. The van der Waals surface area contributed by atoms with E-state index in [0.29, 0.717) is 0 Å². The van der Waals surface area contributed by atoms with Crippen molar-refractivity contribution in [3.63, 3.8) is 0 Å². The third kappa shape index (κ3) is 2.77. The first-order valence-electron chi connectivity index (χ1n) is 3.14. The van der Waals surface area contributed by atoms with Crippen LogP contribution in [-0.2, 0) is 0 Å². The Morgan fingerprint density at radius 3 is 2.42 bits per heavy atom. The molecule has 0 amide bonds. The molecule has 3 nitrogen and oxygen atoms in total. The van der Waals surface area contributed by atoms with Crippen LogP contribution in [0.15, 0.2) is 4.99 Å². The molecule has 7 heteroatoms. The van der Waals surface area contributed by atoms with Crippen molar-refractivity contribution in [3.8, 4) is 0 Å². The number of hydrogen-bond donors (Lipinski definition) is 2. The van der Waals surface area contributed by atoms with Crippen LogP contribution in [0.3, 0.4) is 0 Å². The van der Waals surface area contributed by atoms with Crippen LogP contribution >= 0.6 is 12.4 Å². The molecular weight excluding hydrogens is 195 g/mol. The van der Waals surface area contributed by atoms with Gasteiger partial charge in [-0.25, -0.2) is 4.99 Å². The van der Waals surface area contributed by atoms with Crippen molar-refractivity contribution in [3.05, 3.63) is 0 Å². The van der Waals surface area contributed by atoms with Gasteiger partial charge in [0.25, 0.3) is 0 Å². The van der Waals surface area contributed by atoms with Crippen LogP contribution in [0.1, 0.15) is 6.42 Å². The summed E-state index contributed by atoms with van der Waals surface area (Å²) in [7, 11) is 0. The van der Waals surface area contributed by atoms with Crippen molar-refractivity contribution in [2.24, 2.45) is 10.7 Å². The van der Waals surface area contributed by atoms with Crippen molar-refractivity contribution < 1.29 is 13.2 Å². The minimum atomic E-state index is -4.26. The molecule has 0 aliphatic carbocycles. The Bertz CT molecular complexity index is 179. The molecule has 0 radical (unpaired) electrons. The highest BCUT2D eigenvalue weighted by atomic mass is 35.5. The number of nitrogens with one attached hydrogen (secondary N) is 1. The molecule has 1 aliphatic rings. The van der Waals surface area contributed by atoms with E-state index in [1.54, 1.807) is 0 Å². The molecule has 0 fully saturated rings. The molecule has 0 bridgehead atoms. The van der Waals surface area contributed by atoms with Crippen LogP contribution in [0.25, 0.3) is 0 Å². The van der Waals surface area contributed by atoms with Crippen molar-refractivity contribution in [2.75, 3.05) is 6.54 Å². The van der Waals surface area contributed by atoms with Gasteiger partial charge in [-0.2, -0.15) is 13.2 Å². The quantitative estimate of drug-likeness (QED) is 0.607. The fraction of sp³-hybridized carbons (Fsp3) is 0.800. The summed E-state index contributed by atoms with van der Waals surface area (Å²) < 4.78 is 35.8. The molecule has 0 saturated heterocycles. The minimum absolute atomic E-state index is 0. The van der Waals surface area contributed by atoms with Crippen molar-refractivity contribution >= 4 is 18.4 Å².